The zero-order valence-electron chi connectivity index (χ0n) is 3.07. The third-order valence-electron chi connectivity index (χ3n) is 0.167. The third-order valence-corrected chi connectivity index (χ3v) is 0.167. The molecule has 32 valence electrons. The second kappa shape index (κ2) is 8.96. The van der Waals surface area contributed by atoms with E-state index in [1.807, 2.05) is 0 Å². The molecule has 5 heavy (non-hydrogen) atoms. The van der Waals surface area contributed by atoms with Gasteiger partial charge in [-0.2, -0.15) is 13.5 Å². The van der Waals surface area contributed by atoms with Gasteiger partial charge in [-0.1, -0.05) is 6.08 Å². The SMILES string of the molecule is C=CCN.S. The Morgan fingerprint density at radius 1 is 1.80 bits per heavy atom. The Bertz CT molecular complexity index is 20.9. The van der Waals surface area contributed by atoms with Crippen molar-refractivity contribution in [1.29, 1.82) is 0 Å². The van der Waals surface area contributed by atoms with Crippen LogP contribution in [0, 0.1) is 0 Å². The van der Waals surface area contributed by atoms with Crippen LogP contribution >= 0.6 is 13.5 Å². The molecule has 0 rings (SSSR count). The van der Waals surface area contributed by atoms with Gasteiger partial charge in [0.2, 0.25) is 0 Å². The molecule has 0 saturated carbocycles. The quantitative estimate of drug-likeness (QED) is 0.460. The van der Waals surface area contributed by atoms with Crippen LogP contribution < -0.4 is 5.73 Å². The number of hydrogen-bond donors (Lipinski definition) is 1. The topological polar surface area (TPSA) is 26.0 Å². The Morgan fingerprint density at radius 2 is 2.00 bits per heavy atom. The van der Waals surface area contributed by atoms with Crippen molar-refractivity contribution in [3.63, 3.8) is 0 Å². The van der Waals surface area contributed by atoms with Gasteiger partial charge in [0, 0.05) is 6.54 Å². The van der Waals surface area contributed by atoms with Crippen LogP contribution in [0.3, 0.4) is 0 Å². The number of rotatable bonds is 1. The summed E-state index contributed by atoms with van der Waals surface area (Å²) in [4.78, 5) is 0. The van der Waals surface area contributed by atoms with Crippen LogP contribution in [0.4, 0.5) is 0 Å². The van der Waals surface area contributed by atoms with Crippen LogP contribution in [0.2, 0.25) is 0 Å². The first-order chi connectivity index (χ1) is 1.91. The van der Waals surface area contributed by atoms with Crippen molar-refractivity contribution >= 4 is 13.5 Å². The molecule has 0 aromatic heterocycles. The zero-order valence-corrected chi connectivity index (χ0v) is 4.07. The fourth-order valence-electron chi connectivity index (χ4n) is 0. The summed E-state index contributed by atoms with van der Waals surface area (Å²) >= 11 is 0. The highest BCUT2D eigenvalue weighted by atomic mass is 32.1. The van der Waals surface area contributed by atoms with Crippen LogP contribution in [0.1, 0.15) is 0 Å². The van der Waals surface area contributed by atoms with E-state index in [0.29, 0.717) is 6.54 Å². The van der Waals surface area contributed by atoms with Crippen molar-refractivity contribution in [2.75, 3.05) is 6.54 Å². The zero-order chi connectivity index (χ0) is 3.41. The van der Waals surface area contributed by atoms with Crippen molar-refractivity contribution in [3.8, 4) is 0 Å². The molecule has 0 amide bonds. The summed E-state index contributed by atoms with van der Waals surface area (Å²) in [7, 11) is 0. The maximum Gasteiger partial charge on any atom is 0.0104 e. The van der Waals surface area contributed by atoms with Crippen molar-refractivity contribution in [2.24, 2.45) is 5.73 Å². The van der Waals surface area contributed by atoms with Gasteiger partial charge in [-0.3, -0.25) is 0 Å². The Morgan fingerprint density at radius 3 is 2.00 bits per heavy atom. The minimum atomic E-state index is 0. The standard InChI is InChI=1S/C3H7N.H2S/c1-2-3-4;/h2H,1,3-4H2;1H2. The predicted molar refractivity (Wildman–Crippen MR) is 29.6 cm³/mol. The minimum Gasteiger partial charge on any atom is -0.327 e. The summed E-state index contributed by atoms with van der Waals surface area (Å²) in [6.07, 6.45) is 1.65. The lowest BCUT2D eigenvalue weighted by molar-refractivity contribution is 1.26. The third kappa shape index (κ3) is 15.4. The van der Waals surface area contributed by atoms with Gasteiger partial charge >= 0.3 is 0 Å². The summed E-state index contributed by atoms with van der Waals surface area (Å²) in [6, 6.07) is 0. The number of nitrogens with two attached hydrogens (primary N) is 1. The van der Waals surface area contributed by atoms with E-state index in [4.69, 9.17) is 5.73 Å². The molecule has 1 nitrogen and oxygen atoms in total. The fourth-order valence-corrected chi connectivity index (χ4v) is 0. The van der Waals surface area contributed by atoms with E-state index >= 15 is 0 Å². The fraction of sp³-hybridized carbons (Fsp3) is 0.333. The molecule has 0 aliphatic rings. The molecule has 0 fully saturated rings. The van der Waals surface area contributed by atoms with E-state index in [2.05, 4.69) is 6.58 Å². The Hall–Kier alpha value is 0.0500. The van der Waals surface area contributed by atoms with Gasteiger partial charge in [-0.25, -0.2) is 0 Å². The van der Waals surface area contributed by atoms with E-state index in [1.54, 1.807) is 6.08 Å². The molecular formula is C3H9NS. The van der Waals surface area contributed by atoms with Gasteiger partial charge in [-0.15, -0.1) is 6.58 Å². The van der Waals surface area contributed by atoms with Crippen LogP contribution in [0.15, 0.2) is 12.7 Å². The van der Waals surface area contributed by atoms with Crippen molar-refractivity contribution in [1.82, 2.24) is 0 Å². The molecule has 2 heteroatoms. The molecule has 2 N–H and O–H groups in total. The monoisotopic (exact) mass is 91.0 g/mol. The summed E-state index contributed by atoms with van der Waals surface area (Å²) in [6.45, 7) is 3.94. The second-order valence-corrected chi connectivity index (χ2v) is 0.524. The maximum absolute atomic E-state index is 4.91. The van der Waals surface area contributed by atoms with E-state index in [9.17, 15) is 0 Å². The Labute approximate surface area is 39.3 Å². The molecule has 0 unspecified atom stereocenters. The minimum absolute atomic E-state index is 0. The second-order valence-electron chi connectivity index (χ2n) is 0.524. The molecule has 0 saturated heterocycles. The molecule has 0 atom stereocenters. The summed E-state index contributed by atoms with van der Waals surface area (Å²) in [5, 5.41) is 0. The molecule has 0 aromatic carbocycles. The maximum atomic E-state index is 4.91. The summed E-state index contributed by atoms with van der Waals surface area (Å²) in [5.41, 5.74) is 4.91. The van der Waals surface area contributed by atoms with E-state index in [-0.39, 0.29) is 13.5 Å². The van der Waals surface area contributed by atoms with Crippen LogP contribution in [0.5, 0.6) is 0 Å². The molecule has 0 heterocycles. The largest absolute Gasteiger partial charge is 0.327 e. The Kier molecular flexibility index (Phi) is 16.0. The molecule has 0 spiro atoms. The molecular weight excluding hydrogens is 82.1 g/mol. The predicted octanol–water partition coefficient (Wildman–Crippen LogP) is 0.244. The first kappa shape index (κ1) is 8.90. The highest BCUT2D eigenvalue weighted by Crippen LogP contribution is 1.40. The lowest BCUT2D eigenvalue weighted by Gasteiger charge is -1.61. The van der Waals surface area contributed by atoms with E-state index in [1.165, 1.54) is 0 Å². The van der Waals surface area contributed by atoms with Gasteiger partial charge in [0.15, 0.2) is 0 Å². The molecule has 0 aromatic rings. The van der Waals surface area contributed by atoms with Crippen LogP contribution in [-0.4, -0.2) is 6.54 Å². The van der Waals surface area contributed by atoms with E-state index in [0.717, 1.165) is 0 Å². The van der Waals surface area contributed by atoms with Gasteiger partial charge in [0.25, 0.3) is 0 Å². The average Bonchev–Trinajstić information content (AvgIpc) is 1.37. The molecule has 0 radical (unpaired) electrons. The van der Waals surface area contributed by atoms with Crippen LogP contribution in [-0.2, 0) is 0 Å². The Balaban J connectivity index is 0. The highest BCUT2D eigenvalue weighted by Gasteiger charge is 1.43. The summed E-state index contributed by atoms with van der Waals surface area (Å²) in [5.74, 6) is 0. The first-order valence-electron chi connectivity index (χ1n) is 1.22. The lowest BCUT2D eigenvalue weighted by Crippen LogP contribution is -1.90. The normalized spacial score (nSPS) is 5.00. The number of hydrogen-bond acceptors (Lipinski definition) is 1. The van der Waals surface area contributed by atoms with Crippen molar-refractivity contribution in [3.05, 3.63) is 12.7 Å². The van der Waals surface area contributed by atoms with Crippen molar-refractivity contribution < 1.29 is 0 Å². The van der Waals surface area contributed by atoms with E-state index < -0.39 is 0 Å². The summed E-state index contributed by atoms with van der Waals surface area (Å²) < 4.78 is 0. The van der Waals surface area contributed by atoms with Gasteiger partial charge in [-0.05, 0) is 0 Å². The van der Waals surface area contributed by atoms with Crippen molar-refractivity contribution in [2.45, 2.75) is 0 Å². The highest BCUT2D eigenvalue weighted by molar-refractivity contribution is 7.59. The lowest BCUT2D eigenvalue weighted by atomic mass is 10.7. The molecule has 0 aliphatic carbocycles. The van der Waals surface area contributed by atoms with Gasteiger partial charge < -0.3 is 5.73 Å². The van der Waals surface area contributed by atoms with Crippen LogP contribution in [0.25, 0.3) is 0 Å². The average molecular weight is 91.2 g/mol. The first-order valence-corrected chi connectivity index (χ1v) is 1.22. The molecule has 0 aliphatic heterocycles. The van der Waals surface area contributed by atoms with Gasteiger partial charge in [0.05, 0.1) is 0 Å². The molecule has 0 bridgehead atoms. The van der Waals surface area contributed by atoms with Gasteiger partial charge in [0.1, 0.15) is 0 Å². The smallest absolute Gasteiger partial charge is 0.0104 e.